The van der Waals surface area contributed by atoms with E-state index in [-0.39, 0.29) is 19.1 Å². The summed E-state index contributed by atoms with van der Waals surface area (Å²) in [7, 11) is 1.56. The molecule has 0 aromatic rings. The number of nitrogens with one attached hydrogen (secondary N) is 1. The number of nitrogens with zero attached hydrogens (tertiary/aromatic N) is 1. The van der Waals surface area contributed by atoms with E-state index in [1.54, 1.807) is 6.08 Å². The van der Waals surface area contributed by atoms with Gasteiger partial charge in [0.05, 0.1) is 39.9 Å². The topological polar surface area (TPSA) is 105 Å². The smallest absolute Gasteiger partial charge is 0.387 e. The summed E-state index contributed by atoms with van der Waals surface area (Å²) in [5.74, 6) is -0.189. The van der Waals surface area contributed by atoms with E-state index in [4.69, 9.17) is 9.05 Å². The third-order valence-corrected chi connectivity index (χ3v) is 14.3. The van der Waals surface area contributed by atoms with Gasteiger partial charge in [0.15, 0.2) is 0 Å². The van der Waals surface area contributed by atoms with Gasteiger partial charge in [0.1, 0.15) is 13.2 Å². The number of carbonyl (C=O) groups is 1. The van der Waals surface area contributed by atoms with Crippen molar-refractivity contribution in [3.8, 4) is 0 Å². The quantitative estimate of drug-likeness (QED) is 0.0243. The Balaban J connectivity index is 4.25. The summed E-state index contributed by atoms with van der Waals surface area (Å²) in [6.07, 6.45) is 67.9. The average molecular weight is 993 g/mol. The molecule has 1 amide bonds. The number of aliphatic hydroxyl groups excluding tert-OH is 1. The first-order valence-corrected chi connectivity index (χ1v) is 31.0. The molecule has 9 heteroatoms. The van der Waals surface area contributed by atoms with Crippen LogP contribution in [0.5, 0.6) is 0 Å². The lowest BCUT2D eigenvalue weighted by atomic mass is 10.0. The number of carbonyl (C=O) groups excluding carboxylic acids is 1. The number of hydrogen-bond acceptors (Lipinski definition) is 5. The van der Waals surface area contributed by atoms with Gasteiger partial charge in [0.25, 0.3) is 0 Å². The number of rotatable bonds is 54. The molecule has 0 bridgehead atoms. The summed E-state index contributed by atoms with van der Waals surface area (Å²) < 4.78 is 23.7. The predicted octanol–water partition coefficient (Wildman–Crippen LogP) is 17.9. The zero-order valence-electron chi connectivity index (χ0n) is 46.3. The van der Waals surface area contributed by atoms with Crippen LogP contribution in [0.25, 0.3) is 0 Å². The highest BCUT2D eigenvalue weighted by Crippen LogP contribution is 2.43. The van der Waals surface area contributed by atoms with Gasteiger partial charge in [0.2, 0.25) is 5.91 Å². The molecule has 0 rings (SSSR count). The van der Waals surface area contributed by atoms with E-state index >= 15 is 0 Å². The second-order valence-electron chi connectivity index (χ2n) is 21.4. The lowest BCUT2D eigenvalue weighted by molar-refractivity contribution is -0.870. The Morgan fingerprint density at radius 1 is 0.493 bits per heavy atom. The predicted molar refractivity (Wildman–Crippen MR) is 300 cm³/mol. The Kier molecular flexibility index (Phi) is 50.2. The lowest BCUT2D eigenvalue weighted by Gasteiger charge is -2.25. The third-order valence-electron chi connectivity index (χ3n) is 13.3. The van der Waals surface area contributed by atoms with Gasteiger partial charge in [-0.05, 0) is 64.2 Å². The largest absolute Gasteiger partial charge is 0.472 e. The molecule has 3 atom stereocenters. The second kappa shape index (κ2) is 51.4. The highest BCUT2D eigenvalue weighted by molar-refractivity contribution is 7.47. The van der Waals surface area contributed by atoms with Crippen LogP contribution in [0, 0.1) is 0 Å². The molecular formula is C60H116N2O6P+. The van der Waals surface area contributed by atoms with Crippen LogP contribution >= 0.6 is 7.82 Å². The van der Waals surface area contributed by atoms with Gasteiger partial charge in [-0.25, -0.2) is 4.57 Å². The van der Waals surface area contributed by atoms with Crippen molar-refractivity contribution < 1.29 is 32.9 Å². The van der Waals surface area contributed by atoms with Crippen LogP contribution in [0.1, 0.15) is 277 Å². The number of allylic oxidation sites excluding steroid dienone is 7. The van der Waals surface area contributed by atoms with Crippen LogP contribution in [0.2, 0.25) is 0 Å². The van der Waals surface area contributed by atoms with Crippen LogP contribution in [0.4, 0.5) is 0 Å². The fourth-order valence-corrected chi connectivity index (χ4v) is 9.36. The lowest BCUT2D eigenvalue weighted by Crippen LogP contribution is -2.45. The van der Waals surface area contributed by atoms with Crippen molar-refractivity contribution in [2.45, 2.75) is 289 Å². The average Bonchev–Trinajstić information content (AvgIpc) is 3.31. The number of amides is 1. The Morgan fingerprint density at radius 3 is 1.25 bits per heavy atom. The van der Waals surface area contributed by atoms with Crippen LogP contribution in [-0.2, 0) is 18.4 Å². The van der Waals surface area contributed by atoms with Gasteiger partial charge in [-0.3, -0.25) is 13.8 Å². The Bertz CT molecular complexity index is 1260. The van der Waals surface area contributed by atoms with E-state index in [9.17, 15) is 19.4 Å². The second-order valence-corrected chi connectivity index (χ2v) is 22.8. The summed E-state index contributed by atoms with van der Waals surface area (Å²) in [5, 5.41) is 13.9. The maximum Gasteiger partial charge on any atom is 0.472 e. The summed E-state index contributed by atoms with van der Waals surface area (Å²) in [4.78, 5) is 23.3. The van der Waals surface area contributed by atoms with Crippen molar-refractivity contribution in [1.82, 2.24) is 5.32 Å². The maximum absolute atomic E-state index is 13.0. The third kappa shape index (κ3) is 54.1. The standard InChI is InChI=1S/C60H115N2O6P/c1-6-8-10-12-14-16-18-20-22-24-26-28-29-30-31-32-34-35-37-39-41-43-45-47-49-51-53-59(63)58(57-68-69(65,66)67-56-55-62(3,4)5)61-60(64)54-52-50-48-46-44-42-40-38-36-33-27-25-23-21-19-17-15-13-11-9-7-2/h19,21,25,27,43,45,51,53,58-59,63H,6-18,20,22-24,26,28-42,44,46-50,52,54-57H2,1-5H3,(H-,61,64,65,66)/p+1/b21-19-,27-25-,45-43+,53-51+. The first kappa shape index (κ1) is 67.5. The molecule has 69 heavy (non-hydrogen) atoms. The monoisotopic (exact) mass is 992 g/mol. The zero-order chi connectivity index (χ0) is 50.6. The Labute approximate surface area is 429 Å². The van der Waals surface area contributed by atoms with Gasteiger partial charge >= 0.3 is 7.82 Å². The number of phosphoric acid groups is 1. The van der Waals surface area contributed by atoms with Crippen molar-refractivity contribution in [1.29, 1.82) is 0 Å². The highest BCUT2D eigenvalue weighted by atomic mass is 31.2. The summed E-state index contributed by atoms with van der Waals surface area (Å²) in [6.45, 7) is 4.81. The van der Waals surface area contributed by atoms with Crippen LogP contribution in [-0.4, -0.2) is 73.4 Å². The molecule has 3 N–H and O–H groups in total. The van der Waals surface area contributed by atoms with Gasteiger partial charge in [-0.2, -0.15) is 0 Å². The molecule has 0 fully saturated rings. The molecule has 3 unspecified atom stereocenters. The van der Waals surface area contributed by atoms with Gasteiger partial charge in [-0.1, -0.05) is 255 Å². The minimum atomic E-state index is -4.36. The van der Waals surface area contributed by atoms with Crippen LogP contribution < -0.4 is 5.32 Å². The number of unbranched alkanes of at least 4 members (excludes halogenated alkanes) is 35. The SMILES string of the molecule is CCCCCCC/C=C\C/C=C\CCCCCCCCCCCC(=O)NC(COP(=O)(O)OCC[N+](C)(C)C)C(O)/C=C/CC/C=C/CCCCCCCCCCCCCCCCCCCCCC. The van der Waals surface area contributed by atoms with E-state index in [2.05, 4.69) is 55.6 Å². The molecule has 0 aliphatic rings. The summed E-state index contributed by atoms with van der Waals surface area (Å²) in [5.41, 5.74) is 0. The van der Waals surface area contributed by atoms with Gasteiger partial charge in [0, 0.05) is 6.42 Å². The molecule has 0 aromatic carbocycles. The van der Waals surface area contributed by atoms with Crippen LogP contribution in [0.15, 0.2) is 48.6 Å². The fraction of sp³-hybridized carbons (Fsp3) is 0.850. The Hall–Kier alpha value is -1.54. The normalized spacial score (nSPS) is 14.2. The summed E-state index contributed by atoms with van der Waals surface area (Å²) in [6, 6.07) is -0.867. The van der Waals surface area contributed by atoms with Gasteiger partial charge in [-0.15, -0.1) is 0 Å². The minimum absolute atomic E-state index is 0.0547. The molecule has 0 saturated heterocycles. The van der Waals surface area contributed by atoms with E-state index in [1.807, 2.05) is 27.2 Å². The number of phosphoric ester groups is 1. The van der Waals surface area contributed by atoms with Crippen molar-refractivity contribution in [3.05, 3.63) is 48.6 Å². The Morgan fingerprint density at radius 2 is 0.841 bits per heavy atom. The fourth-order valence-electron chi connectivity index (χ4n) is 8.62. The highest BCUT2D eigenvalue weighted by Gasteiger charge is 2.27. The molecular weight excluding hydrogens is 876 g/mol. The van der Waals surface area contributed by atoms with Crippen molar-refractivity contribution in [3.63, 3.8) is 0 Å². The van der Waals surface area contributed by atoms with E-state index in [1.165, 1.54) is 212 Å². The van der Waals surface area contributed by atoms with Crippen molar-refractivity contribution in [2.75, 3.05) is 40.9 Å². The van der Waals surface area contributed by atoms with Crippen LogP contribution in [0.3, 0.4) is 0 Å². The van der Waals surface area contributed by atoms with E-state index in [0.29, 0.717) is 17.4 Å². The van der Waals surface area contributed by atoms with E-state index in [0.717, 1.165) is 44.9 Å². The number of quaternary nitrogens is 1. The van der Waals surface area contributed by atoms with Gasteiger partial charge < -0.3 is 19.8 Å². The zero-order valence-corrected chi connectivity index (χ0v) is 47.2. The molecule has 406 valence electrons. The molecule has 0 radical (unpaired) electrons. The maximum atomic E-state index is 13.0. The number of hydrogen-bond donors (Lipinski definition) is 3. The molecule has 0 spiro atoms. The molecule has 0 aromatic heterocycles. The number of likely N-dealkylation sites (N-methyl/N-ethyl adjacent to an activating group) is 1. The molecule has 0 aliphatic carbocycles. The van der Waals surface area contributed by atoms with E-state index < -0.39 is 20.0 Å². The molecule has 0 saturated carbocycles. The molecule has 0 aliphatic heterocycles. The van der Waals surface area contributed by atoms with Crippen molar-refractivity contribution in [2.24, 2.45) is 0 Å². The molecule has 0 heterocycles. The first-order chi connectivity index (χ1) is 33.5. The van der Waals surface area contributed by atoms with Crippen molar-refractivity contribution >= 4 is 13.7 Å². The summed E-state index contributed by atoms with van der Waals surface area (Å²) >= 11 is 0. The number of aliphatic hydroxyl groups is 1. The molecule has 8 nitrogen and oxygen atoms in total. The minimum Gasteiger partial charge on any atom is -0.387 e. The first-order valence-electron chi connectivity index (χ1n) is 29.5.